The van der Waals surface area contributed by atoms with Crippen LogP contribution in [0.4, 0.5) is 0 Å². The van der Waals surface area contributed by atoms with Crippen molar-refractivity contribution in [1.82, 2.24) is 9.88 Å². The fraction of sp³-hybridized carbons (Fsp3) is 0.621. The van der Waals surface area contributed by atoms with Gasteiger partial charge in [0, 0.05) is 29.7 Å². The molecule has 1 fully saturated rings. The molecule has 0 radical (unpaired) electrons. The molecule has 3 unspecified atom stereocenters. The summed E-state index contributed by atoms with van der Waals surface area (Å²) in [6.07, 6.45) is 2.43. The zero-order valence-electron chi connectivity index (χ0n) is 23.4. The highest BCUT2D eigenvalue weighted by atomic mass is 32.1. The van der Waals surface area contributed by atoms with Crippen molar-refractivity contribution in [3.8, 4) is 5.75 Å². The van der Waals surface area contributed by atoms with Crippen LogP contribution in [-0.4, -0.2) is 52.7 Å². The third-order valence-corrected chi connectivity index (χ3v) is 7.72. The monoisotopic (exact) mass is 530 g/mol. The number of thiazole rings is 1. The number of rotatable bonds is 9. The summed E-state index contributed by atoms with van der Waals surface area (Å²) in [6.45, 7) is 14.4. The molecule has 0 bridgehead atoms. The quantitative estimate of drug-likeness (QED) is 0.423. The number of hydrogen-bond acceptors (Lipinski definition) is 7. The van der Waals surface area contributed by atoms with Crippen LogP contribution in [0.2, 0.25) is 0 Å². The van der Waals surface area contributed by atoms with Crippen LogP contribution in [0.25, 0.3) is 0 Å². The van der Waals surface area contributed by atoms with Gasteiger partial charge in [-0.05, 0) is 47.8 Å². The van der Waals surface area contributed by atoms with Gasteiger partial charge >= 0.3 is 5.97 Å². The second kappa shape index (κ2) is 11.5. The number of hydrogen-bond donors (Lipinski definition) is 1. The summed E-state index contributed by atoms with van der Waals surface area (Å²) in [5.41, 5.74) is 0.0191. The molecular weight excluding hydrogens is 488 g/mol. The Bertz CT molecular complexity index is 1080. The van der Waals surface area contributed by atoms with E-state index in [1.807, 2.05) is 39.1 Å². The number of esters is 1. The third-order valence-electron chi connectivity index (χ3n) is 6.87. The van der Waals surface area contributed by atoms with E-state index in [2.05, 4.69) is 25.8 Å². The molecule has 37 heavy (non-hydrogen) atoms. The van der Waals surface area contributed by atoms with Crippen molar-refractivity contribution in [3.63, 3.8) is 0 Å². The fourth-order valence-electron chi connectivity index (χ4n) is 5.38. The van der Waals surface area contributed by atoms with Gasteiger partial charge in [0.15, 0.2) is 0 Å². The van der Waals surface area contributed by atoms with Crippen LogP contribution in [0, 0.1) is 17.8 Å². The molecule has 8 heteroatoms. The first-order valence-corrected chi connectivity index (χ1v) is 13.9. The standard InChI is InChI=1S/C29H42N2O5S/c1-18(2)14-29(27(34)36-17-19(3)4)15-21(16-32)24(25-30-11-12-37-25)31(29)26(33)20-9-10-22(28(5,6)7)23(13-20)35-8/h9-13,18-19,21,24,32H,14-17H2,1-8H3. The first-order valence-electron chi connectivity index (χ1n) is 13.0. The lowest BCUT2D eigenvalue weighted by Gasteiger charge is -2.40. The maximum absolute atomic E-state index is 14.4. The number of amides is 1. The minimum Gasteiger partial charge on any atom is -0.496 e. The first kappa shape index (κ1) is 29.1. The largest absolute Gasteiger partial charge is 0.496 e. The Balaban J connectivity index is 2.20. The van der Waals surface area contributed by atoms with Crippen LogP contribution in [0.5, 0.6) is 5.75 Å². The van der Waals surface area contributed by atoms with E-state index in [1.165, 1.54) is 11.3 Å². The Morgan fingerprint density at radius 2 is 1.92 bits per heavy atom. The average molecular weight is 531 g/mol. The Hall–Kier alpha value is -2.45. The Morgan fingerprint density at radius 1 is 1.22 bits per heavy atom. The number of carbonyl (C=O) groups is 2. The topological polar surface area (TPSA) is 89.0 Å². The van der Waals surface area contributed by atoms with Gasteiger partial charge in [0.1, 0.15) is 16.3 Å². The molecule has 2 aromatic rings. The second-order valence-electron chi connectivity index (χ2n) is 11.9. The van der Waals surface area contributed by atoms with Gasteiger partial charge in [-0.3, -0.25) is 4.79 Å². The van der Waals surface area contributed by atoms with Crippen molar-refractivity contribution in [2.45, 2.75) is 78.3 Å². The number of aliphatic hydroxyl groups is 1. The summed E-state index contributed by atoms with van der Waals surface area (Å²) in [5.74, 6) is -0.177. The van der Waals surface area contributed by atoms with Crippen molar-refractivity contribution >= 4 is 23.2 Å². The molecular formula is C29H42N2O5S. The van der Waals surface area contributed by atoms with Gasteiger partial charge in [-0.2, -0.15) is 0 Å². The van der Waals surface area contributed by atoms with Crippen LogP contribution < -0.4 is 4.74 Å². The lowest BCUT2D eigenvalue weighted by atomic mass is 9.83. The molecule has 1 aromatic heterocycles. The summed E-state index contributed by atoms with van der Waals surface area (Å²) in [5, 5.41) is 13.0. The van der Waals surface area contributed by atoms with Crippen molar-refractivity contribution in [3.05, 3.63) is 45.9 Å². The number of benzene rings is 1. The normalized spacial score (nSPS) is 22.1. The summed E-state index contributed by atoms with van der Waals surface area (Å²) in [6, 6.07) is 4.94. The molecule has 0 aliphatic carbocycles. The van der Waals surface area contributed by atoms with E-state index in [-0.39, 0.29) is 42.3 Å². The van der Waals surface area contributed by atoms with Crippen LogP contribution >= 0.6 is 11.3 Å². The molecule has 3 atom stereocenters. The molecule has 0 saturated carbocycles. The number of aromatic nitrogens is 1. The Labute approximate surface area is 225 Å². The number of ether oxygens (including phenoxy) is 2. The first-order chi connectivity index (χ1) is 17.4. The molecule has 204 valence electrons. The SMILES string of the molecule is COc1cc(C(=O)N2C(c3nccs3)C(CO)CC2(CC(C)C)C(=O)OCC(C)C)ccc1C(C)(C)C. The molecule has 1 aliphatic rings. The minimum atomic E-state index is -1.22. The minimum absolute atomic E-state index is 0.106. The average Bonchev–Trinajstić information content (AvgIpc) is 3.47. The summed E-state index contributed by atoms with van der Waals surface area (Å²) < 4.78 is 11.5. The van der Waals surface area contributed by atoms with Crippen molar-refractivity contribution < 1.29 is 24.2 Å². The Morgan fingerprint density at radius 3 is 2.43 bits per heavy atom. The van der Waals surface area contributed by atoms with Gasteiger partial charge in [-0.15, -0.1) is 11.3 Å². The van der Waals surface area contributed by atoms with E-state index < -0.39 is 17.6 Å². The molecule has 1 N–H and O–H groups in total. The van der Waals surface area contributed by atoms with E-state index in [4.69, 9.17) is 9.47 Å². The number of nitrogens with zero attached hydrogens (tertiary/aromatic N) is 2. The van der Waals surface area contributed by atoms with Crippen LogP contribution in [0.1, 0.15) is 88.3 Å². The summed E-state index contributed by atoms with van der Waals surface area (Å²) in [4.78, 5) is 34.5. The maximum Gasteiger partial charge on any atom is 0.332 e. The van der Waals surface area contributed by atoms with Gasteiger partial charge in [0.2, 0.25) is 0 Å². The zero-order chi connectivity index (χ0) is 27.5. The van der Waals surface area contributed by atoms with E-state index in [1.54, 1.807) is 30.3 Å². The number of likely N-dealkylation sites (tertiary alicyclic amines) is 1. The molecule has 0 spiro atoms. The third kappa shape index (κ3) is 6.01. The lowest BCUT2D eigenvalue weighted by molar-refractivity contribution is -0.158. The highest BCUT2D eigenvalue weighted by molar-refractivity contribution is 7.09. The zero-order valence-corrected chi connectivity index (χ0v) is 24.2. The van der Waals surface area contributed by atoms with Crippen LogP contribution in [0.3, 0.4) is 0 Å². The number of aliphatic hydroxyl groups excluding tert-OH is 1. The van der Waals surface area contributed by atoms with Crippen molar-refractivity contribution in [2.24, 2.45) is 17.8 Å². The number of carbonyl (C=O) groups excluding carboxylic acids is 2. The molecule has 3 rings (SSSR count). The van der Waals surface area contributed by atoms with Crippen LogP contribution in [0.15, 0.2) is 29.8 Å². The Kier molecular flexibility index (Phi) is 9.06. The van der Waals surface area contributed by atoms with E-state index in [0.717, 1.165) is 5.56 Å². The van der Waals surface area contributed by atoms with Crippen LogP contribution in [-0.2, 0) is 14.9 Å². The predicted octanol–water partition coefficient (Wildman–Crippen LogP) is 5.63. The van der Waals surface area contributed by atoms with Gasteiger partial charge in [-0.1, -0.05) is 54.5 Å². The van der Waals surface area contributed by atoms with Gasteiger partial charge in [0.05, 0.1) is 19.8 Å². The highest BCUT2D eigenvalue weighted by Crippen LogP contribution is 2.51. The molecule has 7 nitrogen and oxygen atoms in total. The molecule has 1 aliphatic heterocycles. The molecule has 1 saturated heterocycles. The second-order valence-corrected chi connectivity index (χ2v) is 12.9. The molecule has 1 amide bonds. The lowest BCUT2D eigenvalue weighted by Crippen LogP contribution is -2.55. The maximum atomic E-state index is 14.4. The summed E-state index contributed by atoms with van der Waals surface area (Å²) >= 11 is 1.43. The summed E-state index contributed by atoms with van der Waals surface area (Å²) in [7, 11) is 1.60. The van der Waals surface area contributed by atoms with Crippen molar-refractivity contribution in [2.75, 3.05) is 20.3 Å². The fourth-order valence-corrected chi connectivity index (χ4v) is 6.20. The van der Waals surface area contributed by atoms with E-state index in [0.29, 0.717) is 29.2 Å². The van der Waals surface area contributed by atoms with E-state index in [9.17, 15) is 14.7 Å². The molecule has 2 heterocycles. The smallest absolute Gasteiger partial charge is 0.332 e. The van der Waals surface area contributed by atoms with Gasteiger partial charge in [0.25, 0.3) is 5.91 Å². The van der Waals surface area contributed by atoms with Crippen molar-refractivity contribution in [1.29, 1.82) is 0 Å². The predicted molar refractivity (Wildman–Crippen MR) is 146 cm³/mol. The highest BCUT2D eigenvalue weighted by Gasteiger charge is 2.60. The van der Waals surface area contributed by atoms with Gasteiger partial charge in [-0.25, -0.2) is 9.78 Å². The number of methoxy groups -OCH3 is 1. The van der Waals surface area contributed by atoms with E-state index >= 15 is 0 Å². The van der Waals surface area contributed by atoms with Gasteiger partial charge < -0.3 is 19.5 Å². The molecule has 1 aromatic carbocycles.